The molecule has 1 unspecified atom stereocenters. The molecule has 0 amide bonds. The van der Waals surface area contributed by atoms with Gasteiger partial charge >= 0.3 is 0 Å². The van der Waals surface area contributed by atoms with E-state index in [0.717, 1.165) is 6.07 Å². The Morgan fingerprint density at radius 2 is 1.81 bits per heavy atom. The van der Waals surface area contributed by atoms with Crippen LogP contribution in [0.15, 0.2) is 30.3 Å². The van der Waals surface area contributed by atoms with Gasteiger partial charge < -0.3 is 9.84 Å². The van der Waals surface area contributed by atoms with E-state index in [1.54, 1.807) is 0 Å². The molecule has 0 saturated carbocycles. The molecule has 0 aliphatic carbocycles. The highest BCUT2D eigenvalue weighted by atomic mass is 35.5. The van der Waals surface area contributed by atoms with Crippen molar-refractivity contribution in [1.82, 2.24) is 0 Å². The van der Waals surface area contributed by atoms with Crippen LogP contribution in [0.5, 0.6) is 5.75 Å². The minimum absolute atomic E-state index is 0.0122. The predicted molar refractivity (Wildman–Crippen MR) is 83.1 cm³/mol. The molecule has 0 aliphatic rings. The SMILES string of the molecule is CCOc1cc(Cl)c(C(O)c2ccc(Cl)c(F)c2)cc1Cl. The maximum Gasteiger partial charge on any atom is 0.142 e. The van der Waals surface area contributed by atoms with Crippen molar-refractivity contribution >= 4 is 34.8 Å². The summed E-state index contributed by atoms with van der Waals surface area (Å²) in [5.74, 6) is -0.177. The van der Waals surface area contributed by atoms with Gasteiger partial charge in [0.1, 0.15) is 17.7 Å². The second-order valence-electron chi connectivity index (χ2n) is 4.31. The number of aliphatic hydroxyl groups excluding tert-OH is 1. The molecule has 0 aliphatic heterocycles. The summed E-state index contributed by atoms with van der Waals surface area (Å²) in [6.45, 7) is 2.27. The van der Waals surface area contributed by atoms with Gasteiger partial charge in [-0.15, -0.1) is 0 Å². The molecule has 2 rings (SSSR count). The van der Waals surface area contributed by atoms with Crippen LogP contribution in [0.4, 0.5) is 4.39 Å². The van der Waals surface area contributed by atoms with Gasteiger partial charge in [-0.2, -0.15) is 0 Å². The van der Waals surface area contributed by atoms with Gasteiger partial charge in [0, 0.05) is 11.6 Å². The molecule has 2 aromatic rings. The lowest BCUT2D eigenvalue weighted by atomic mass is 10.0. The molecule has 0 aromatic heterocycles. The molecular formula is C15H12Cl3FO2. The fraction of sp³-hybridized carbons (Fsp3) is 0.200. The van der Waals surface area contributed by atoms with Crippen molar-refractivity contribution in [3.63, 3.8) is 0 Å². The molecule has 0 fully saturated rings. The largest absolute Gasteiger partial charge is 0.492 e. The zero-order chi connectivity index (χ0) is 15.6. The Bertz CT molecular complexity index is 662. The number of hydrogen-bond acceptors (Lipinski definition) is 2. The molecule has 0 bridgehead atoms. The molecule has 1 atom stereocenters. The van der Waals surface area contributed by atoms with E-state index in [9.17, 15) is 9.50 Å². The first-order valence-corrected chi connectivity index (χ1v) is 7.32. The third-order valence-corrected chi connectivity index (χ3v) is 3.83. The van der Waals surface area contributed by atoms with Crippen LogP contribution in [-0.2, 0) is 0 Å². The predicted octanol–water partition coefficient (Wildman–Crippen LogP) is 5.27. The highest BCUT2D eigenvalue weighted by Crippen LogP contribution is 2.36. The molecule has 6 heteroatoms. The van der Waals surface area contributed by atoms with E-state index < -0.39 is 11.9 Å². The lowest BCUT2D eigenvalue weighted by Gasteiger charge is -2.16. The lowest BCUT2D eigenvalue weighted by molar-refractivity contribution is 0.219. The first-order chi connectivity index (χ1) is 9.93. The van der Waals surface area contributed by atoms with Gasteiger partial charge in [0.25, 0.3) is 0 Å². The van der Waals surface area contributed by atoms with E-state index in [-0.39, 0.29) is 10.0 Å². The van der Waals surface area contributed by atoms with Crippen LogP contribution in [0.1, 0.15) is 24.2 Å². The van der Waals surface area contributed by atoms with Crippen molar-refractivity contribution in [2.24, 2.45) is 0 Å². The Kier molecular flexibility index (Phi) is 5.33. The standard InChI is InChI=1S/C15H12Cl3FO2/c1-2-21-14-7-11(17)9(6-12(14)18)15(20)8-3-4-10(16)13(19)5-8/h3-7,15,20H,2H2,1H3. The van der Waals surface area contributed by atoms with E-state index in [1.165, 1.54) is 24.3 Å². The topological polar surface area (TPSA) is 29.5 Å². The normalized spacial score (nSPS) is 12.3. The summed E-state index contributed by atoms with van der Waals surface area (Å²) in [4.78, 5) is 0. The smallest absolute Gasteiger partial charge is 0.142 e. The zero-order valence-corrected chi connectivity index (χ0v) is 13.3. The Labute approximate surface area is 137 Å². The van der Waals surface area contributed by atoms with Crippen molar-refractivity contribution in [3.8, 4) is 5.75 Å². The maximum atomic E-state index is 13.5. The molecule has 0 saturated heterocycles. The number of benzene rings is 2. The van der Waals surface area contributed by atoms with Crippen molar-refractivity contribution < 1.29 is 14.2 Å². The number of aliphatic hydroxyl groups is 1. The maximum absolute atomic E-state index is 13.5. The summed E-state index contributed by atoms with van der Waals surface area (Å²) in [6, 6.07) is 7.09. The quantitative estimate of drug-likeness (QED) is 0.815. The number of ether oxygens (including phenoxy) is 1. The minimum Gasteiger partial charge on any atom is -0.492 e. The average molecular weight is 350 g/mol. The molecule has 2 nitrogen and oxygen atoms in total. The summed E-state index contributed by atoms with van der Waals surface area (Å²) < 4.78 is 18.8. The monoisotopic (exact) mass is 348 g/mol. The van der Waals surface area contributed by atoms with Gasteiger partial charge in [-0.1, -0.05) is 40.9 Å². The molecular weight excluding hydrogens is 338 g/mol. The average Bonchev–Trinajstić information content (AvgIpc) is 2.45. The van der Waals surface area contributed by atoms with E-state index in [2.05, 4.69) is 0 Å². The first-order valence-electron chi connectivity index (χ1n) is 6.18. The van der Waals surface area contributed by atoms with E-state index in [0.29, 0.717) is 28.5 Å². The van der Waals surface area contributed by atoms with Gasteiger partial charge in [0.2, 0.25) is 0 Å². The van der Waals surface area contributed by atoms with Crippen LogP contribution in [0.3, 0.4) is 0 Å². The number of halogens is 4. The highest BCUT2D eigenvalue weighted by molar-refractivity contribution is 6.34. The van der Waals surface area contributed by atoms with Crippen LogP contribution < -0.4 is 4.74 Å². The lowest BCUT2D eigenvalue weighted by Crippen LogP contribution is -2.02. The summed E-state index contributed by atoms with van der Waals surface area (Å²) in [7, 11) is 0. The van der Waals surface area contributed by atoms with Crippen LogP contribution in [0, 0.1) is 5.82 Å². The molecule has 0 heterocycles. The van der Waals surface area contributed by atoms with Gasteiger partial charge in [-0.3, -0.25) is 0 Å². The molecule has 21 heavy (non-hydrogen) atoms. The Morgan fingerprint density at radius 3 is 2.43 bits per heavy atom. The van der Waals surface area contributed by atoms with Crippen LogP contribution >= 0.6 is 34.8 Å². The molecule has 1 N–H and O–H groups in total. The van der Waals surface area contributed by atoms with E-state index in [1.807, 2.05) is 6.92 Å². The first kappa shape index (κ1) is 16.4. The third-order valence-electron chi connectivity index (χ3n) is 2.91. The minimum atomic E-state index is -1.11. The van der Waals surface area contributed by atoms with Gasteiger partial charge in [0.05, 0.1) is 21.7 Å². The molecule has 2 aromatic carbocycles. The molecule has 112 valence electrons. The summed E-state index contributed by atoms with van der Waals surface area (Å²) in [5.41, 5.74) is 0.700. The van der Waals surface area contributed by atoms with Crippen molar-refractivity contribution in [2.45, 2.75) is 13.0 Å². The highest BCUT2D eigenvalue weighted by Gasteiger charge is 2.18. The van der Waals surface area contributed by atoms with Crippen molar-refractivity contribution in [1.29, 1.82) is 0 Å². The van der Waals surface area contributed by atoms with Crippen molar-refractivity contribution in [3.05, 3.63) is 62.3 Å². The molecule has 0 radical (unpaired) electrons. The number of rotatable bonds is 4. The van der Waals surface area contributed by atoms with Gasteiger partial charge in [-0.05, 0) is 30.7 Å². The zero-order valence-electron chi connectivity index (χ0n) is 11.0. The fourth-order valence-electron chi connectivity index (χ4n) is 1.88. The Hall–Kier alpha value is -1.00. The second kappa shape index (κ2) is 6.84. The summed E-state index contributed by atoms with van der Waals surface area (Å²) in [6.07, 6.45) is -1.11. The summed E-state index contributed by atoms with van der Waals surface area (Å²) >= 11 is 17.8. The van der Waals surface area contributed by atoms with E-state index in [4.69, 9.17) is 39.5 Å². The van der Waals surface area contributed by atoms with Crippen LogP contribution in [-0.4, -0.2) is 11.7 Å². The Balaban J connectivity index is 2.40. The van der Waals surface area contributed by atoms with Crippen LogP contribution in [0.2, 0.25) is 15.1 Å². The fourth-order valence-corrected chi connectivity index (χ4v) is 2.48. The Morgan fingerprint density at radius 1 is 1.10 bits per heavy atom. The van der Waals surface area contributed by atoms with Gasteiger partial charge in [0.15, 0.2) is 0 Å². The van der Waals surface area contributed by atoms with Crippen LogP contribution in [0.25, 0.3) is 0 Å². The third kappa shape index (κ3) is 3.61. The summed E-state index contributed by atoms with van der Waals surface area (Å²) in [5, 5.41) is 10.9. The van der Waals surface area contributed by atoms with Crippen molar-refractivity contribution in [2.75, 3.05) is 6.61 Å². The van der Waals surface area contributed by atoms with E-state index >= 15 is 0 Å². The second-order valence-corrected chi connectivity index (χ2v) is 5.53. The molecule has 0 spiro atoms. The number of hydrogen-bond donors (Lipinski definition) is 1. The van der Waals surface area contributed by atoms with Gasteiger partial charge in [-0.25, -0.2) is 4.39 Å².